The van der Waals surface area contributed by atoms with Crippen LogP contribution in [0.1, 0.15) is 26.7 Å². The van der Waals surface area contributed by atoms with E-state index in [1.165, 1.54) is 16.1 Å². The third kappa shape index (κ3) is 6.51. The second-order valence-electron chi connectivity index (χ2n) is 11.2. The van der Waals surface area contributed by atoms with Crippen LogP contribution < -0.4 is 5.32 Å². The first-order valence-electron chi connectivity index (χ1n) is 15.7. The van der Waals surface area contributed by atoms with Gasteiger partial charge in [0, 0.05) is 11.9 Å². The highest BCUT2D eigenvalue weighted by molar-refractivity contribution is 7.91. The van der Waals surface area contributed by atoms with Crippen molar-refractivity contribution in [3.63, 3.8) is 0 Å². The molecule has 0 saturated heterocycles. The van der Waals surface area contributed by atoms with Crippen molar-refractivity contribution in [1.82, 2.24) is 18.8 Å². The molecule has 2 heterocycles. The Morgan fingerprint density at radius 2 is 1.34 bits per heavy atom. The Morgan fingerprint density at radius 3 is 2.04 bits per heavy atom. The molecule has 242 valence electrons. The quantitative estimate of drug-likeness (QED) is 0.133. The van der Waals surface area contributed by atoms with Crippen molar-refractivity contribution in [3.8, 4) is 11.4 Å². The molecule has 0 atom stereocenters. The van der Waals surface area contributed by atoms with Crippen LogP contribution in [0.3, 0.4) is 0 Å². The number of anilines is 1. The van der Waals surface area contributed by atoms with Gasteiger partial charge in [-0.3, -0.25) is 0 Å². The Morgan fingerprint density at radius 1 is 0.681 bits per heavy atom. The average molecular weight is 668 g/mol. The van der Waals surface area contributed by atoms with Crippen molar-refractivity contribution < 1.29 is 16.8 Å². The van der Waals surface area contributed by atoms with Gasteiger partial charge < -0.3 is 10.2 Å². The van der Waals surface area contributed by atoms with E-state index in [1.807, 2.05) is 18.2 Å². The van der Waals surface area contributed by atoms with E-state index in [1.54, 1.807) is 78.9 Å². The predicted molar refractivity (Wildman–Crippen MR) is 187 cm³/mol. The minimum Gasteiger partial charge on any atom is -0.368 e. The lowest BCUT2D eigenvalue weighted by molar-refractivity contribution is 0.298. The van der Waals surface area contributed by atoms with Crippen LogP contribution in [-0.4, -0.2) is 61.9 Å². The van der Waals surface area contributed by atoms with Crippen molar-refractivity contribution >= 4 is 47.6 Å². The molecule has 0 aliphatic carbocycles. The molecule has 0 amide bonds. The lowest BCUT2D eigenvalue weighted by Crippen LogP contribution is -2.24. The van der Waals surface area contributed by atoms with Gasteiger partial charge in [-0.2, -0.15) is 0 Å². The topological polar surface area (TPSA) is 114 Å². The maximum atomic E-state index is 14.2. The van der Waals surface area contributed by atoms with E-state index in [0.29, 0.717) is 40.3 Å². The Hall–Kier alpha value is -4.58. The molecule has 0 fully saturated rings. The van der Waals surface area contributed by atoms with Gasteiger partial charge in [0.15, 0.2) is 5.82 Å². The molecule has 0 aliphatic rings. The van der Waals surface area contributed by atoms with Gasteiger partial charge in [0.2, 0.25) is 9.84 Å². The molecule has 6 rings (SSSR count). The summed E-state index contributed by atoms with van der Waals surface area (Å²) < 4.78 is 56.6. The van der Waals surface area contributed by atoms with Gasteiger partial charge >= 0.3 is 0 Å². The van der Waals surface area contributed by atoms with Gasteiger partial charge in [0.1, 0.15) is 5.69 Å². The van der Waals surface area contributed by atoms with Gasteiger partial charge in [0.05, 0.1) is 36.9 Å². The molecule has 0 saturated carbocycles. The van der Waals surface area contributed by atoms with Crippen LogP contribution >= 0.6 is 0 Å². The fraction of sp³-hybridized carbons (Fsp3) is 0.222. The Labute approximate surface area is 275 Å². The lowest BCUT2D eigenvalue weighted by Gasteiger charge is -2.18. The highest BCUT2D eigenvalue weighted by Gasteiger charge is 2.27. The molecule has 0 aliphatic heterocycles. The zero-order chi connectivity index (χ0) is 33.0. The summed E-state index contributed by atoms with van der Waals surface area (Å²) in [6.07, 6.45) is 1.82. The van der Waals surface area contributed by atoms with E-state index in [2.05, 4.69) is 24.1 Å². The summed E-state index contributed by atoms with van der Waals surface area (Å²) in [5, 5.41) is 4.15. The molecule has 0 unspecified atom stereocenters. The Balaban J connectivity index is 1.49. The van der Waals surface area contributed by atoms with E-state index < -0.39 is 19.9 Å². The number of aromatic nitrogens is 3. The molecule has 6 aromatic rings. The van der Waals surface area contributed by atoms with Crippen LogP contribution in [0.2, 0.25) is 0 Å². The zero-order valence-electron chi connectivity index (χ0n) is 26.4. The van der Waals surface area contributed by atoms with Gasteiger partial charge in [-0.15, -0.1) is 0 Å². The standard InChI is InChI=1S/C36H37N5O4S2/c1-3-40(4-2)24-14-13-23-37-36-35(38-31-22-21-30(26-32(31)39-36)46(42,43)28-16-7-5-8-17-28)34-25-27-15-11-12-20-33(27)41(34)47(44,45)29-18-9-6-10-19-29/h5-12,15-22,25-26H,3-4,13-14,23-24H2,1-2H3,(H,37,39). The summed E-state index contributed by atoms with van der Waals surface area (Å²) in [5.74, 6) is 0.377. The van der Waals surface area contributed by atoms with Gasteiger partial charge in [-0.1, -0.05) is 68.4 Å². The first-order valence-corrected chi connectivity index (χ1v) is 18.7. The van der Waals surface area contributed by atoms with Crippen molar-refractivity contribution in [1.29, 1.82) is 0 Å². The van der Waals surface area contributed by atoms with Crippen molar-refractivity contribution in [2.75, 3.05) is 31.5 Å². The molecule has 11 heteroatoms. The van der Waals surface area contributed by atoms with Crippen LogP contribution in [-0.2, 0) is 19.9 Å². The predicted octanol–water partition coefficient (Wildman–Crippen LogP) is 6.86. The largest absolute Gasteiger partial charge is 0.368 e. The number of rotatable bonds is 13. The molecule has 0 spiro atoms. The number of sulfone groups is 1. The van der Waals surface area contributed by atoms with Gasteiger partial charge in [-0.05, 0) is 87.1 Å². The minimum absolute atomic E-state index is 0.101. The third-order valence-electron chi connectivity index (χ3n) is 8.28. The fourth-order valence-corrected chi connectivity index (χ4v) is 8.53. The maximum absolute atomic E-state index is 14.2. The molecule has 9 nitrogen and oxygen atoms in total. The SMILES string of the molecule is CCN(CC)CCCCNc1nc2cc(S(=O)(=O)c3ccccc3)ccc2nc1-c1cc2ccccc2n1S(=O)(=O)c1ccccc1. The zero-order valence-corrected chi connectivity index (χ0v) is 28.0. The monoisotopic (exact) mass is 667 g/mol. The van der Waals surface area contributed by atoms with Gasteiger partial charge in [-0.25, -0.2) is 30.8 Å². The summed E-state index contributed by atoms with van der Waals surface area (Å²) >= 11 is 0. The van der Waals surface area contributed by atoms with E-state index in [9.17, 15) is 16.8 Å². The molecular weight excluding hydrogens is 631 g/mol. The average Bonchev–Trinajstić information content (AvgIpc) is 3.50. The van der Waals surface area contributed by atoms with Gasteiger partial charge in [0.25, 0.3) is 10.0 Å². The van der Waals surface area contributed by atoms with Crippen LogP contribution in [0.15, 0.2) is 124 Å². The molecule has 1 N–H and O–H groups in total. The number of nitrogens with one attached hydrogen (secondary N) is 1. The number of para-hydroxylation sites is 1. The normalized spacial score (nSPS) is 12.2. The summed E-state index contributed by atoms with van der Waals surface area (Å²) in [6.45, 7) is 7.80. The lowest BCUT2D eigenvalue weighted by atomic mass is 10.2. The smallest absolute Gasteiger partial charge is 0.268 e. The summed E-state index contributed by atoms with van der Waals surface area (Å²) in [7, 11) is -7.83. The number of fused-ring (bicyclic) bond motifs is 2. The molecule has 47 heavy (non-hydrogen) atoms. The summed E-state index contributed by atoms with van der Waals surface area (Å²) in [6, 6.07) is 30.3. The van der Waals surface area contributed by atoms with Crippen molar-refractivity contribution in [2.45, 2.75) is 41.4 Å². The van der Waals surface area contributed by atoms with Crippen LogP contribution in [0.25, 0.3) is 33.3 Å². The van der Waals surface area contributed by atoms with E-state index in [4.69, 9.17) is 9.97 Å². The third-order valence-corrected chi connectivity index (χ3v) is 11.8. The van der Waals surface area contributed by atoms with Crippen LogP contribution in [0, 0.1) is 0 Å². The fourth-order valence-electron chi connectivity index (χ4n) is 5.70. The first kappa shape index (κ1) is 32.4. The second-order valence-corrected chi connectivity index (χ2v) is 15.0. The number of unbranched alkanes of at least 4 members (excludes halogenated alkanes) is 1. The Kier molecular flexibility index (Phi) is 9.40. The second kappa shape index (κ2) is 13.6. The van der Waals surface area contributed by atoms with E-state index in [0.717, 1.165) is 37.9 Å². The van der Waals surface area contributed by atoms with Crippen LogP contribution in [0.5, 0.6) is 0 Å². The summed E-state index contributed by atoms with van der Waals surface area (Å²) in [4.78, 5) is 12.6. The van der Waals surface area contributed by atoms with Crippen molar-refractivity contribution in [3.05, 3.63) is 109 Å². The molecular formula is C36H37N5O4S2. The molecule has 0 radical (unpaired) electrons. The molecule has 4 aromatic carbocycles. The number of benzene rings is 4. The highest BCUT2D eigenvalue weighted by atomic mass is 32.2. The summed E-state index contributed by atoms with van der Waals surface area (Å²) in [5.41, 5.74) is 2.05. The molecule has 2 aromatic heterocycles. The number of hydrogen-bond donors (Lipinski definition) is 1. The number of hydrogen-bond acceptors (Lipinski definition) is 8. The molecule has 0 bridgehead atoms. The Bertz CT molecular complexity index is 2230. The maximum Gasteiger partial charge on any atom is 0.268 e. The number of nitrogens with zero attached hydrogens (tertiary/aromatic N) is 4. The minimum atomic E-state index is -4.04. The first-order chi connectivity index (χ1) is 22.7. The van der Waals surface area contributed by atoms with Crippen molar-refractivity contribution in [2.24, 2.45) is 0 Å². The van der Waals surface area contributed by atoms with Crippen LogP contribution in [0.4, 0.5) is 5.82 Å². The van der Waals surface area contributed by atoms with E-state index in [-0.39, 0.29) is 14.7 Å². The van der Waals surface area contributed by atoms with E-state index >= 15 is 0 Å². The highest BCUT2D eigenvalue weighted by Crippen LogP contribution is 2.36.